The molecule has 2 aliphatic rings. The summed E-state index contributed by atoms with van der Waals surface area (Å²) in [6.07, 6.45) is 0. The first-order valence-electron chi connectivity index (χ1n) is 13.8. The van der Waals surface area contributed by atoms with E-state index in [1.54, 1.807) is 62.4 Å². The average molecular weight is 587 g/mol. The minimum absolute atomic E-state index is 0.239. The van der Waals surface area contributed by atoms with Gasteiger partial charge in [-0.1, -0.05) is 6.07 Å². The summed E-state index contributed by atoms with van der Waals surface area (Å²) in [5.41, 5.74) is 13.0. The van der Waals surface area contributed by atoms with Crippen LogP contribution in [-0.4, -0.2) is 67.9 Å². The number of carbonyl (C=O) groups is 4. The fraction of sp³-hybridized carbons (Fsp3) is 0.290. The number of carbonyl (C=O) groups excluding carboxylic acids is 4. The number of hydrogen-bond donors (Lipinski definition) is 5. The average Bonchev–Trinajstić information content (AvgIpc) is 3.24. The number of amides is 3. The van der Waals surface area contributed by atoms with Gasteiger partial charge in [0.05, 0.1) is 17.6 Å². The molecule has 0 radical (unpaired) electrons. The summed E-state index contributed by atoms with van der Waals surface area (Å²) in [7, 11) is 3.82. The second kappa shape index (κ2) is 11.5. The van der Waals surface area contributed by atoms with Gasteiger partial charge >= 0.3 is 5.97 Å². The maximum Gasteiger partial charge on any atom is 0.340 e. The van der Waals surface area contributed by atoms with Crippen molar-refractivity contribution < 1.29 is 28.7 Å². The Hall–Kier alpha value is -4.78. The van der Waals surface area contributed by atoms with E-state index in [1.807, 2.05) is 19.0 Å². The first-order valence-corrected chi connectivity index (χ1v) is 13.8. The van der Waals surface area contributed by atoms with Crippen LogP contribution in [0.25, 0.3) is 0 Å². The van der Waals surface area contributed by atoms with Crippen LogP contribution in [0.3, 0.4) is 0 Å². The van der Waals surface area contributed by atoms with Crippen molar-refractivity contribution >= 4 is 35.1 Å². The van der Waals surface area contributed by atoms with E-state index in [1.165, 1.54) is 6.07 Å². The molecule has 2 heterocycles. The molecule has 1 spiro atoms. The number of likely N-dealkylation sites (N-methyl/N-ethyl adjacent to an activating group) is 1. The van der Waals surface area contributed by atoms with Gasteiger partial charge in [-0.15, -0.1) is 0 Å². The van der Waals surface area contributed by atoms with Crippen molar-refractivity contribution in [3.63, 3.8) is 0 Å². The molecular weight excluding hydrogens is 552 g/mol. The molecule has 5 rings (SSSR count). The fourth-order valence-corrected chi connectivity index (χ4v) is 5.03. The Bertz CT molecular complexity index is 1560. The first kappa shape index (κ1) is 29.7. The van der Waals surface area contributed by atoms with E-state index >= 15 is 0 Å². The predicted octanol–water partition coefficient (Wildman–Crippen LogP) is 2.12. The Morgan fingerprint density at radius 2 is 1.37 bits per heavy atom. The van der Waals surface area contributed by atoms with E-state index in [4.69, 9.17) is 20.9 Å². The van der Waals surface area contributed by atoms with Gasteiger partial charge in [0.25, 0.3) is 5.91 Å². The van der Waals surface area contributed by atoms with E-state index in [2.05, 4.69) is 16.0 Å². The molecule has 0 aromatic heterocycles. The molecule has 224 valence electrons. The Labute approximate surface area is 248 Å². The minimum Gasteiger partial charge on any atom is -0.456 e. The number of benzene rings is 3. The highest BCUT2D eigenvalue weighted by Crippen LogP contribution is 2.56. The number of fused-ring (bicyclic) bond motifs is 6. The van der Waals surface area contributed by atoms with Crippen molar-refractivity contribution in [1.82, 2.24) is 10.2 Å². The minimum atomic E-state index is -1.43. The van der Waals surface area contributed by atoms with Crippen molar-refractivity contribution in [3.05, 3.63) is 82.4 Å². The molecule has 0 fully saturated rings. The zero-order chi connectivity index (χ0) is 31.1. The smallest absolute Gasteiger partial charge is 0.340 e. The number of rotatable bonds is 8. The highest BCUT2D eigenvalue weighted by atomic mass is 16.6. The highest BCUT2D eigenvalue weighted by molar-refractivity contribution is 6.02. The van der Waals surface area contributed by atoms with Crippen LogP contribution in [0, 0.1) is 0 Å². The van der Waals surface area contributed by atoms with Crippen molar-refractivity contribution in [1.29, 1.82) is 0 Å². The molecule has 3 aromatic rings. The summed E-state index contributed by atoms with van der Waals surface area (Å²) < 4.78 is 12.5. The number of nitrogens with zero attached hydrogens (tertiary/aromatic N) is 1. The molecule has 43 heavy (non-hydrogen) atoms. The summed E-state index contributed by atoms with van der Waals surface area (Å²) in [5.74, 6) is -1.06. The summed E-state index contributed by atoms with van der Waals surface area (Å²) in [6, 6.07) is 13.4. The van der Waals surface area contributed by atoms with Crippen molar-refractivity contribution in [2.75, 3.05) is 37.8 Å². The molecule has 2 atom stereocenters. The van der Waals surface area contributed by atoms with Crippen molar-refractivity contribution in [2.24, 2.45) is 11.5 Å². The van der Waals surface area contributed by atoms with Gasteiger partial charge in [0.15, 0.2) is 5.60 Å². The van der Waals surface area contributed by atoms with E-state index in [9.17, 15) is 19.2 Å². The largest absolute Gasteiger partial charge is 0.456 e. The van der Waals surface area contributed by atoms with Gasteiger partial charge in [-0.05, 0) is 64.3 Å². The number of nitrogens with two attached hydrogens (primary N) is 2. The van der Waals surface area contributed by atoms with Crippen LogP contribution in [-0.2, 0) is 19.9 Å². The Balaban J connectivity index is 1.61. The molecule has 12 heteroatoms. The molecule has 2 aliphatic heterocycles. The van der Waals surface area contributed by atoms with E-state index in [0.29, 0.717) is 58.2 Å². The van der Waals surface area contributed by atoms with Gasteiger partial charge < -0.3 is 41.8 Å². The molecule has 7 N–H and O–H groups in total. The molecule has 0 saturated carbocycles. The third-order valence-corrected chi connectivity index (χ3v) is 7.28. The van der Waals surface area contributed by atoms with Crippen LogP contribution in [0.1, 0.15) is 51.3 Å². The molecule has 12 nitrogen and oxygen atoms in total. The SMILES string of the molecule is CC(N)C(=O)Nc1ccc2c(c1)Oc1cc(NC(=O)C(C)N)ccc1C21OC(=O)c2cc(C(=O)NCCN(C)C)ccc21. The summed E-state index contributed by atoms with van der Waals surface area (Å²) in [6.45, 7) is 4.24. The molecule has 0 aliphatic carbocycles. The van der Waals surface area contributed by atoms with Gasteiger partial charge in [-0.25, -0.2) is 4.79 Å². The summed E-state index contributed by atoms with van der Waals surface area (Å²) in [4.78, 5) is 52.9. The molecule has 3 aromatic carbocycles. The van der Waals surface area contributed by atoms with E-state index in [-0.39, 0.29) is 23.3 Å². The third-order valence-electron chi connectivity index (χ3n) is 7.28. The monoisotopic (exact) mass is 586 g/mol. The van der Waals surface area contributed by atoms with Crippen LogP contribution < -0.4 is 32.2 Å². The predicted molar refractivity (Wildman–Crippen MR) is 160 cm³/mol. The number of anilines is 2. The summed E-state index contributed by atoms with van der Waals surface area (Å²) in [5, 5.41) is 8.35. The maximum absolute atomic E-state index is 13.5. The fourth-order valence-electron chi connectivity index (χ4n) is 5.03. The van der Waals surface area contributed by atoms with Gasteiger partial charge in [-0.3, -0.25) is 14.4 Å². The van der Waals surface area contributed by atoms with Crippen LogP contribution >= 0.6 is 0 Å². The zero-order valence-corrected chi connectivity index (χ0v) is 24.3. The number of esters is 1. The lowest BCUT2D eigenvalue weighted by Gasteiger charge is -2.37. The van der Waals surface area contributed by atoms with E-state index < -0.39 is 23.7 Å². The molecular formula is C31H34N6O6. The van der Waals surface area contributed by atoms with E-state index in [0.717, 1.165) is 0 Å². The van der Waals surface area contributed by atoms with Crippen molar-refractivity contribution in [3.8, 4) is 11.5 Å². The van der Waals surface area contributed by atoms with Crippen LogP contribution in [0.2, 0.25) is 0 Å². The van der Waals surface area contributed by atoms with Crippen LogP contribution in [0.15, 0.2) is 54.6 Å². The van der Waals surface area contributed by atoms with Gasteiger partial charge in [0.1, 0.15) is 11.5 Å². The van der Waals surface area contributed by atoms with Gasteiger partial charge in [-0.2, -0.15) is 0 Å². The number of hydrogen-bond acceptors (Lipinski definition) is 9. The second-order valence-electron chi connectivity index (χ2n) is 11.0. The lowest BCUT2D eigenvalue weighted by atomic mass is 9.77. The quantitative estimate of drug-likeness (QED) is 0.247. The highest BCUT2D eigenvalue weighted by Gasteiger charge is 2.53. The van der Waals surface area contributed by atoms with Crippen molar-refractivity contribution in [2.45, 2.75) is 31.5 Å². The van der Waals surface area contributed by atoms with Crippen LogP contribution in [0.4, 0.5) is 11.4 Å². The zero-order valence-electron chi connectivity index (χ0n) is 24.3. The summed E-state index contributed by atoms with van der Waals surface area (Å²) >= 11 is 0. The molecule has 3 amide bonds. The number of nitrogens with one attached hydrogen (secondary N) is 3. The number of ether oxygens (including phenoxy) is 2. The third kappa shape index (κ3) is 5.55. The lowest BCUT2D eigenvalue weighted by Crippen LogP contribution is -2.34. The molecule has 2 unspecified atom stereocenters. The molecule has 0 bridgehead atoms. The maximum atomic E-state index is 13.5. The lowest BCUT2D eigenvalue weighted by molar-refractivity contribution is -0.117. The van der Waals surface area contributed by atoms with Crippen LogP contribution in [0.5, 0.6) is 11.5 Å². The van der Waals surface area contributed by atoms with Gasteiger partial charge in [0, 0.05) is 58.9 Å². The standard InChI is InChI=1S/C31H34N6O6/c1-16(32)27(38)35-19-6-9-23-25(14-19)42-26-15-20(36-28(39)17(2)33)7-10-24(26)31(23)22-8-5-18(13-21(22)30(41)43-31)29(40)34-11-12-37(3)4/h5-10,13-17H,11-12,32-33H2,1-4H3,(H,34,40)(H,35,38)(H,36,39). The Morgan fingerprint density at radius 3 is 1.88 bits per heavy atom. The Morgan fingerprint density at radius 1 is 0.837 bits per heavy atom. The molecule has 0 saturated heterocycles. The second-order valence-corrected chi connectivity index (χ2v) is 11.0. The first-order chi connectivity index (χ1) is 20.4. The van der Waals surface area contributed by atoms with Gasteiger partial charge in [0.2, 0.25) is 11.8 Å². The Kier molecular flexibility index (Phi) is 7.93. The topological polar surface area (TPSA) is 178 Å². The normalized spacial score (nSPS) is 17.6.